The number of likely N-dealkylation sites (tertiary alicyclic amines) is 1. The Morgan fingerprint density at radius 2 is 1.87 bits per heavy atom. The number of aliphatic hydroxyl groups is 1. The van der Waals surface area contributed by atoms with Crippen molar-refractivity contribution in [1.29, 1.82) is 0 Å². The third-order valence-corrected chi connectivity index (χ3v) is 7.80. The number of hydrogen-bond acceptors (Lipinski definition) is 4. The molecule has 1 aromatic rings. The van der Waals surface area contributed by atoms with Crippen molar-refractivity contribution in [2.24, 2.45) is 17.3 Å². The number of ether oxygens (including phenoxy) is 1. The summed E-state index contributed by atoms with van der Waals surface area (Å²) >= 11 is 0. The second-order valence-corrected chi connectivity index (χ2v) is 9.90. The first kappa shape index (κ1) is 21.8. The Morgan fingerprint density at radius 1 is 1.17 bits per heavy atom. The third kappa shape index (κ3) is 5.06. The smallest absolute Gasteiger partial charge is 0.225 e. The van der Waals surface area contributed by atoms with Crippen molar-refractivity contribution in [3.05, 3.63) is 35.9 Å². The van der Waals surface area contributed by atoms with Gasteiger partial charge in [-0.15, -0.1) is 0 Å². The average Bonchev–Trinajstić information content (AvgIpc) is 3.59. The van der Waals surface area contributed by atoms with Crippen LogP contribution in [-0.4, -0.2) is 61.9 Å². The van der Waals surface area contributed by atoms with Gasteiger partial charge in [-0.2, -0.15) is 0 Å². The summed E-state index contributed by atoms with van der Waals surface area (Å²) < 4.78 is 5.62. The van der Waals surface area contributed by atoms with Crippen molar-refractivity contribution >= 4 is 5.91 Å². The number of carbonyl (C=O) groups excluding carboxylic acids is 1. The van der Waals surface area contributed by atoms with Crippen LogP contribution in [0.2, 0.25) is 0 Å². The van der Waals surface area contributed by atoms with Gasteiger partial charge in [0.1, 0.15) is 0 Å². The summed E-state index contributed by atoms with van der Waals surface area (Å²) in [5.74, 6) is 1.55. The van der Waals surface area contributed by atoms with Gasteiger partial charge in [-0.3, -0.25) is 4.79 Å². The molecule has 166 valence electrons. The summed E-state index contributed by atoms with van der Waals surface area (Å²) in [7, 11) is 1.79. The van der Waals surface area contributed by atoms with E-state index >= 15 is 0 Å². The summed E-state index contributed by atoms with van der Waals surface area (Å²) in [5, 5.41) is 13.1. The minimum absolute atomic E-state index is 0.129. The highest BCUT2D eigenvalue weighted by atomic mass is 16.5. The fraction of sp³-hybridized carbons (Fsp3) is 0.720. The minimum atomic E-state index is 0.129. The lowest BCUT2D eigenvalue weighted by Crippen LogP contribution is -2.50. The predicted molar refractivity (Wildman–Crippen MR) is 118 cm³/mol. The standard InChI is InChI=1S/C25H38N2O3/c1-30-18-25(17-26-23-15-22(23)20-5-3-2-4-6-20)11-13-27(14-12-25)24(29)21-9-7-19(16-28)8-10-21/h2-6,19,21-23,26,28H,7-18H2,1H3/t19-,21-,22-,23-/m1/s1. The molecule has 3 aliphatic rings. The summed E-state index contributed by atoms with van der Waals surface area (Å²) in [5.41, 5.74) is 1.57. The Hall–Kier alpha value is -1.43. The second-order valence-electron chi connectivity index (χ2n) is 9.90. The lowest BCUT2D eigenvalue weighted by Gasteiger charge is -2.43. The number of hydrogen-bond donors (Lipinski definition) is 2. The van der Waals surface area contributed by atoms with E-state index in [2.05, 4.69) is 40.5 Å². The topological polar surface area (TPSA) is 61.8 Å². The van der Waals surface area contributed by atoms with Gasteiger partial charge in [-0.05, 0) is 56.4 Å². The average molecular weight is 415 g/mol. The van der Waals surface area contributed by atoms with Gasteiger partial charge in [0, 0.05) is 56.6 Å². The Labute approximate surface area is 181 Å². The SMILES string of the molecule is COCC1(CN[C@@H]2C[C@@H]2c2ccccc2)CCN(C(=O)[C@H]2CC[C@H](CO)CC2)CC1. The molecule has 1 amide bonds. The fourth-order valence-corrected chi connectivity index (χ4v) is 5.57. The molecular weight excluding hydrogens is 376 g/mol. The largest absolute Gasteiger partial charge is 0.396 e. The van der Waals surface area contributed by atoms with E-state index in [-0.39, 0.29) is 17.9 Å². The molecule has 1 aliphatic heterocycles. The molecule has 2 aliphatic carbocycles. The number of piperidine rings is 1. The maximum absolute atomic E-state index is 13.0. The zero-order chi connectivity index (χ0) is 21.0. The molecule has 0 unspecified atom stereocenters. The number of nitrogens with one attached hydrogen (secondary N) is 1. The quantitative estimate of drug-likeness (QED) is 0.686. The van der Waals surface area contributed by atoms with E-state index in [1.807, 2.05) is 0 Å². The molecule has 0 bridgehead atoms. The third-order valence-electron chi connectivity index (χ3n) is 7.80. The van der Waals surface area contributed by atoms with Crippen molar-refractivity contribution in [3.63, 3.8) is 0 Å². The van der Waals surface area contributed by atoms with E-state index in [4.69, 9.17) is 4.74 Å². The van der Waals surface area contributed by atoms with Gasteiger partial charge < -0.3 is 20.1 Å². The highest BCUT2D eigenvalue weighted by Crippen LogP contribution is 2.42. The number of amides is 1. The molecule has 2 N–H and O–H groups in total. The van der Waals surface area contributed by atoms with Crippen LogP contribution in [0.4, 0.5) is 0 Å². The van der Waals surface area contributed by atoms with Crippen LogP contribution in [0.3, 0.4) is 0 Å². The van der Waals surface area contributed by atoms with Gasteiger partial charge in [-0.25, -0.2) is 0 Å². The highest BCUT2D eigenvalue weighted by Gasteiger charge is 2.42. The summed E-state index contributed by atoms with van der Waals surface area (Å²) in [4.78, 5) is 15.1. The van der Waals surface area contributed by atoms with E-state index in [1.54, 1.807) is 7.11 Å². The summed E-state index contributed by atoms with van der Waals surface area (Å²) in [6.07, 6.45) is 7.09. The van der Waals surface area contributed by atoms with E-state index < -0.39 is 0 Å². The van der Waals surface area contributed by atoms with E-state index in [9.17, 15) is 9.90 Å². The van der Waals surface area contributed by atoms with Crippen LogP contribution in [0.15, 0.2) is 30.3 Å². The van der Waals surface area contributed by atoms with Gasteiger partial charge in [0.15, 0.2) is 0 Å². The van der Waals surface area contributed by atoms with Crippen molar-refractivity contribution in [2.75, 3.05) is 40.0 Å². The van der Waals surface area contributed by atoms with E-state index in [1.165, 1.54) is 12.0 Å². The van der Waals surface area contributed by atoms with Crippen molar-refractivity contribution in [3.8, 4) is 0 Å². The minimum Gasteiger partial charge on any atom is -0.396 e. The van der Waals surface area contributed by atoms with Crippen LogP contribution in [0.1, 0.15) is 56.4 Å². The molecule has 5 heteroatoms. The molecule has 0 aromatic heterocycles. The molecule has 5 nitrogen and oxygen atoms in total. The normalized spacial score (nSPS) is 30.8. The van der Waals surface area contributed by atoms with Gasteiger partial charge in [0.05, 0.1) is 6.61 Å². The number of benzene rings is 1. The van der Waals surface area contributed by atoms with Crippen molar-refractivity contribution in [2.45, 2.75) is 56.9 Å². The van der Waals surface area contributed by atoms with Gasteiger partial charge in [0.25, 0.3) is 0 Å². The van der Waals surface area contributed by atoms with E-state index in [0.717, 1.165) is 64.8 Å². The summed E-state index contributed by atoms with van der Waals surface area (Å²) in [6, 6.07) is 11.4. The van der Waals surface area contributed by atoms with Crippen LogP contribution in [0.5, 0.6) is 0 Å². The molecule has 0 radical (unpaired) electrons. The lowest BCUT2D eigenvalue weighted by molar-refractivity contribution is -0.140. The van der Waals surface area contributed by atoms with Crippen LogP contribution in [0, 0.1) is 17.3 Å². The Kier molecular flexibility index (Phi) is 7.12. The number of carbonyl (C=O) groups is 1. The number of methoxy groups -OCH3 is 1. The monoisotopic (exact) mass is 414 g/mol. The number of aliphatic hydroxyl groups excluding tert-OH is 1. The molecule has 2 saturated carbocycles. The molecule has 1 aromatic carbocycles. The maximum atomic E-state index is 13.0. The molecule has 1 heterocycles. The van der Waals surface area contributed by atoms with Gasteiger partial charge >= 0.3 is 0 Å². The van der Waals surface area contributed by atoms with Crippen LogP contribution >= 0.6 is 0 Å². The Morgan fingerprint density at radius 3 is 2.50 bits per heavy atom. The molecule has 0 spiro atoms. The number of nitrogens with zero attached hydrogens (tertiary/aromatic N) is 1. The van der Waals surface area contributed by atoms with Crippen LogP contribution < -0.4 is 5.32 Å². The Bertz CT molecular complexity index is 679. The molecule has 2 atom stereocenters. The molecule has 30 heavy (non-hydrogen) atoms. The Balaban J connectivity index is 1.26. The van der Waals surface area contributed by atoms with E-state index in [0.29, 0.717) is 23.8 Å². The molecule has 1 saturated heterocycles. The predicted octanol–water partition coefficient (Wildman–Crippen LogP) is 3.19. The van der Waals surface area contributed by atoms with Crippen molar-refractivity contribution < 1.29 is 14.6 Å². The second kappa shape index (κ2) is 9.80. The fourth-order valence-electron chi connectivity index (χ4n) is 5.57. The van der Waals surface area contributed by atoms with Gasteiger partial charge in [0.2, 0.25) is 5.91 Å². The molecular formula is C25H38N2O3. The van der Waals surface area contributed by atoms with Crippen LogP contribution in [-0.2, 0) is 9.53 Å². The first-order valence-corrected chi connectivity index (χ1v) is 11.8. The first-order chi connectivity index (χ1) is 14.6. The molecule has 4 rings (SSSR count). The highest BCUT2D eigenvalue weighted by molar-refractivity contribution is 5.79. The van der Waals surface area contributed by atoms with Gasteiger partial charge in [-0.1, -0.05) is 30.3 Å². The maximum Gasteiger partial charge on any atom is 0.225 e. The van der Waals surface area contributed by atoms with Crippen LogP contribution in [0.25, 0.3) is 0 Å². The zero-order valence-corrected chi connectivity index (χ0v) is 18.4. The molecule has 3 fully saturated rings. The first-order valence-electron chi connectivity index (χ1n) is 11.8. The summed E-state index contributed by atoms with van der Waals surface area (Å²) in [6.45, 7) is 3.68. The number of rotatable bonds is 8. The lowest BCUT2D eigenvalue weighted by atomic mass is 9.77. The van der Waals surface area contributed by atoms with Crippen molar-refractivity contribution in [1.82, 2.24) is 10.2 Å². The zero-order valence-electron chi connectivity index (χ0n) is 18.4.